The molecule has 1 aliphatic carbocycles. The number of anilines is 2. The van der Waals surface area contributed by atoms with Crippen molar-refractivity contribution >= 4 is 34.2 Å². The third-order valence-corrected chi connectivity index (χ3v) is 5.86. The van der Waals surface area contributed by atoms with Gasteiger partial charge in [-0.15, -0.1) is 13.2 Å². The summed E-state index contributed by atoms with van der Waals surface area (Å²) in [7, 11) is 0. The molecule has 1 spiro atoms. The van der Waals surface area contributed by atoms with Crippen molar-refractivity contribution in [1.29, 1.82) is 0 Å². The standard InChI is InChI=1S/C22H15F4N3O3/c1-12-11-21(12)19(30)28(13-6-8-14(9-7-13)32-22(24,25)26)20(31)29(21)17-10-18(23)27-16-5-3-2-4-15(16)17/h2-10,12H,11H2,1H3. The maximum absolute atomic E-state index is 14.3. The Hall–Kier alpha value is -3.69. The third-order valence-electron chi connectivity index (χ3n) is 5.86. The van der Waals surface area contributed by atoms with Crippen molar-refractivity contribution < 1.29 is 31.9 Å². The van der Waals surface area contributed by atoms with Gasteiger partial charge < -0.3 is 4.74 Å². The number of carbonyl (C=O) groups is 2. The summed E-state index contributed by atoms with van der Waals surface area (Å²) in [6.45, 7) is 1.81. The molecule has 3 aromatic rings. The quantitative estimate of drug-likeness (QED) is 0.323. The summed E-state index contributed by atoms with van der Waals surface area (Å²) in [4.78, 5) is 32.9. The molecule has 6 nitrogen and oxygen atoms in total. The molecule has 1 aliphatic heterocycles. The first kappa shape index (κ1) is 20.2. The van der Waals surface area contributed by atoms with Gasteiger partial charge in [-0.1, -0.05) is 25.1 Å². The summed E-state index contributed by atoms with van der Waals surface area (Å²) >= 11 is 0. The molecule has 1 saturated heterocycles. The van der Waals surface area contributed by atoms with E-state index in [9.17, 15) is 27.2 Å². The summed E-state index contributed by atoms with van der Waals surface area (Å²) in [5.41, 5.74) is -0.544. The lowest BCUT2D eigenvalue weighted by Gasteiger charge is -2.23. The van der Waals surface area contributed by atoms with E-state index in [-0.39, 0.29) is 17.3 Å². The topological polar surface area (TPSA) is 62.7 Å². The van der Waals surface area contributed by atoms with Crippen molar-refractivity contribution in [1.82, 2.24) is 4.98 Å². The van der Waals surface area contributed by atoms with Gasteiger partial charge in [0.1, 0.15) is 11.3 Å². The zero-order valence-corrected chi connectivity index (χ0v) is 16.6. The van der Waals surface area contributed by atoms with Crippen LogP contribution in [0.1, 0.15) is 13.3 Å². The van der Waals surface area contributed by atoms with Crippen LogP contribution in [-0.2, 0) is 4.79 Å². The van der Waals surface area contributed by atoms with Gasteiger partial charge in [0.2, 0.25) is 5.95 Å². The molecule has 2 unspecified atom stereocenters. The molecule has 2 atom stereocenters. The van der Waals surface area contributed by atoms with Crippen LogP contribution in [0, 0.1) is 11.9 Å². The van der Waals surface area contributed by atoms with Crippen molar-refractivity contribution in [2.24, 2.45) is 5.92 Å². The van der Waals surface area contributed by atoms with Gasteiger partial charge in [0.15, 0.2) is 0 Å². The molecular formula is C22H15F4N3O3. The average molecular weight is 445 g/mol. The fraction of sp³-hybridized carbons (Fsp3) is 0.227. The third kappa shape index (κ3) is 2.97. The van der Waals surface area contributed by atoms with Crippen LogP contribution in [0.25, 0.3) is 10.9 Å². The minimum Gasteiger partial charge on any atom is -0.406 e. The molecule has 2 aliphatic rings. The number of aromatic nitrogens is 1. The maximum Gasteiger partial charge on any atom is 0.573 e. The number of alkyl halides is 3. The van der Waals surface area contributed by atoms with Crippen LogP contribution in [0.3, 0.4) is 0 Å². The molecule has 3 amide bonds. The number of para-hydroxylation sites is 1. The molecule has 1 saturated carbocycles. The van der Waals surface area contributed by atoms with E-state index in [0.29, 0.717) is 17.3 Å². The first-order chi connectivity index (χ1) is 15.1. The Morgan fingerprint density at radius 1 is 1.09 bits per heavy atom. The van der Waals surface area contributed by atoms with E-state index in [4.69, 9.17) is 0 Å². The number of benzene rings is 2. The maximum atomic E-state index is 14.3. The van der Waals surface area contributed by atoms with Crippen molar-refractivity contribution in [3.8, 4) is 5.75 Å². The Kier molecular flexibility index (Phi) is 4.20. The van der Waals surface area contributed by atoms with Crippen LogP contribution in [-0.4, -0.2) is 28.8 Å². The average Bonchev–Trinajstić information content (AvgIpc) is 3.33. The van der Waals surface area contributed by atoms with Gasteiger partial charge in [0.25, 0.3) is 5.91 Å². The summed E-state index contributed by atoms with van der Waals surface area (Å²) in [6, 6.07) is 11.5. The molecule has 1 aromatic heterocycles. The first-order valence-corrected chi connectivity index (χ1v) is 9.72. The highest BCUT2D eigenvalue weighted by molar-refractivity contribution is 6.32. The highest BCUT2D eigenvalue weighted by atomic mass is 19.4. The van der Waals surface area contributed by atoms with Crippen LogP contribution >= 0.6 is 0 Å². The van der Waals surface area contributed by atoms with Crippen LogP contribution in [0.15, 0.2) is 54.6 Å². The number of urea groups is 1. The number of fused-ring (bicyclic) bond motifs is 1. The molecule has 2 heterocycles. The number of amides is 3. The van der Waals surface area contributed by atoms with Gasteiger partial charge in [-0.25, -0.2) is 14.7 Å². The lowest BCUT2D eigenvalue weighted by atomic mass is 10.1. The molecule has 0 N–H and O–H groups in total. The van der Waals surface area contributed by atoms with Crippen LogP contribution < -0.4 is 14.5 Å². The van der Waals surface area contributed by atoms with Gasteiger partial charge >= 0.3 is 12.4 Å². The predicted octanol–water partition coefficient (Wildman–Crippen LogP) is 5.02. The van der Waals surface area contributed by atoms with Crippen molar-refractivity contribution in [3.63, 3.8) is 0 Å². The Balaban J connectivity index is 1.59. The van der Waals surface area contributed by atoms with Gasteiger partial charge in [-0.3, -0.25) is 9.69 Å². The number of hydrogen-bond donors (Lipinski definition) is 0. The Morgan fingerprint density at radius 2 is 1.75 bits per heavy atom. The van der Waals surface area contributed by atoms with Crippen molar-refractivity contribution in [2.45, 2.75) is 25.2 Å². The Bertz CT molecular complexity index is 1260. The zero-order chi connectivity index (χ0) is 22.8. The smallest absolute Gasteiger partial charge is 0.406 e. The van der Waals surface area contributed by atoms with E-state index in [1.165, 1.54) is 17.0 Å². The number of hydrogen-bond acceptors (Lipinski definition) is 4. The normalized spacial score (nSPS) is 22.8. The van der Waals surface area contributed by atoms with Gasteiger partial charge in [0, 0.05) is 11.5 Å². The van der Waals surface area contributed by atoms with E-state index in [1.807, 2.05) is 6.92 Å². The van der Waals surface area contributed by atoms with E-state index in [1.54, 1.807) is 24.3 Å². The lowest BCUT2D eigenvalue weighted by Crippen LogP contribution is -2.39. The van der Waals surface area contributed by atoms with Crippen LogP contribution in [0.5, 0.6) is 5.75 Å². The molecule has 10 heteroatoms. The summed E-state index contributed by atoms with van der Waals surface area (Å²) in [6.07, 6.45) is -4.49. The van der Waals surface area contributed by atoms with Gasteiger partial charge in [-0.2, -0.15) is 4.39 Å². The van der Waals surface area contributed by atoms with E-state index < -0.39 is 35.5 Å². The summed E-state index contributed by atoms with van der Waals surface area (Å²) in [5, 5.41) is 0.504. The first-order valence-electron chi connectivity index (χ1n) is 9.72. The summed E-state index contributed by atoms with van der Waals surface area (Å²) < 4.78 is 55.4. The number of pyridine rings is 1. The molecular weight excluding hydrogens is 430 g/mol. The van der Waals surface area contributed by atoms with Crippen molar-refractivity contribution in [3.05, 3.63) is 60.5 Å². The molecule has 5 rings (SSSR count). The Morgan fingerprint density at radius 3 is 2.38 bits per heavy atom. The second-order valence-electron chi connectivity index (χ2n) is 7.81. The number of imide groups is 1. The van der Waals surface area contributed by atoms with Crippen LogP contribution in [0.2, 0.25) is 0 Å². The number of nitrogens with zero attached hydrogens (tertiary/aromatic N) is 3. The second kappa shape index (κ2) is 6.65. The SMILES string of the molecule is CC1CC12C(=O)N(c1ccc(OC(F)(F)F)cc1)C(=O)N2c1cc(F)nc2ccccc12. The fourth-order valence-corrected chi connectivity index (χ4v) is 4.32. The minimum atomic E-state index is -4.86. The van der Waals surface area contributed by atoms with Gasteiger partial charge in [0.05, 0.1) is 16.9 Å². The fourth-order valence-electron chi connectivity index (χ4n) is 4.32. The minimum absolute atomic E-state index is 0.0920. The van der Waals surface area contributed by atoms with Crippen LogP contribution in [0.4, 0.5) is 33.7 Å². The highest BCUT2D eigenvalue weighted by Gasteiger charge is 2.70. The highest BCUT2D eigenvalue weighted by Crippen LogP contribution is 2.56. The van der Waals surface area contributed by atoms with E-state index in [0.717, 1.165) is 23.1 Å². The summed E-state index contributed by atoms with van der Waals surface area (Å²) in [5.74, 6) is -1.98. The monoisotopic (exact) mass is 445 g/mol. The zero-order valence-electron chi connectivity index (χ0n) is 16.6. The number of ether oxygens (including phenoxy) is 1. The molecule has 32 heavy (non-hydrogen) atoms. The molecule has 0 bridgehead atoms. The molecule has 2 fully saturated rings. The molecule has 164 valence electrons. The largest absolute Gasteiger partial charge is 0.573 e. The number of rotatable bonds is 3. The van der Waals surface area contributed by atoms with E-state index >= 15 is 0 Å². The second-order valence-corrected chi connectivity index (χ2v) is 7.81. The van der Waals surface area contributed by atoms with Gasteiger partial charge in [-0.05, 0) is 42.7 Å². The molecule has 0 radical (unpaired) electrons. The van der Waals surface area contributed by atoms with E-state index in [2.05, 4.69) is 9.72 Å². The predicted molar refractivity (Wildman–Crippen MR) is 107 cm³/mol. The van der Waals surface area contributed by atoms with Crippen molar-refractivity contribution in [2.75, 3.05) is 9.80 Å². The molecule has 2 aromatic carbocycles. The number of halogens is 4. The Labute approximate surface area is 179 Å². The number of carbonyl (C=O) groups excluding carboxylic acids is 2. The lowest BCUT2D eigenvalue weighted by molar-refractivity contribution is -0.274.